The Labute approximate surface area is 77.3 Å². The van der Waals surface area contributed by atoms with Gasteiger partial charge in [0.15, 0.2) is 0 Å². The second-order valence-corrected chi connectivity index (χ2v) is 2.93. The molecule has 13 heavy (non-hydrogen) atoms. The molecule has 4 heteroatoms. The number of hydrogen-bond donors (Lipinski definition) is 2. The molecule has 1 aromatic rings. The quantitative estimate of drug-likeness (QED) is 0.718. The average molecular weight is 182 g/mol. The summed E-state index contributed by atoms with van der Waals surface area (Å²) in [5.41, 5.74) is 0.420. The third-order valence-corrected chi connectivity index (χ3v) is 1.84. The third-order valence-electron chi connectivity index (χ3n) is 1.84. The molecule has 0 aliphatic carbocycles. The lowest BCUT2D eigenvalue weighted by Crippen LogP contribution is -2.18. The highest BCUT2D eigenvalue weighted by Crippen LogP contribution is 2.16. The lowest BCUT2D eigenvalue weighted by molar-refractivity contribution is 0.0104. The van der Waals surface area contributed by atoms with Crippen molar-refractivity contribution in [3.8, 4) is 0 Å². The highest BCUT2D eigenvalue weighted by molar-refractivity contribution is 5.01. The van der Waals surface area contributed by atoms with E-state index in [0.29, 0.717) is 12.1 Å². The van der Waals surface area contributed by atoms with Gasteiger partial charge in [0.05, 0.1) is 18.0 Å². The number of hydrogen-bond acceptors (Lipinski definition) is 4. The van der Waals surface area contributed by atoms with Crippen LogP contribution in [0.3, 0.4) is 0 Å². The zero-order chi connectivity index (χ0) is 9.68. The predicted molar refractivity (Wildman–Crippen MR) is 47.9 cm³/mol. The summed E-state index contributed by atoms with van der Waals surface area (Å²) in [5.74, 6) is 0. The molecule has 2 unspecified atom stereocenters. The molecule has 0 amide bonds. The Hall–Kier alpha value is -1.00. The standard InChI is InChI=1S/C9H14N2O2/c1-2-3-8(12)9(13)7-6-10-4-5-11-7/h4-6,8-9,12-13H,2-3H2,1H3. The third kappa shape index (κ3) is 2.75. The van der Waals surface area contributed by atoms with E-state index in [0.717, 1.165) is 6.42 Å². The number of aromatic nitrogens is 2. The van der Waals surface area contributed by atoms with Crippen LogP contribution in [0, 0.1) is 0 Å². The molecule has 2 atom stereocenters. The van der Waals surface area contributed by atoms with Crippen molar-refractivity contribution in [2.24, 2.45) is 0 Å². The molecule has 0 aromatic carbocycles. The van der Waals surface area contributed by atoms with E-state index in [2.05, 4.69) is 9.97 Å². The Balaban J connectivity index is 2.62. The Morgan fingerprint density at radius 2 is 2.15 bits per heavy atom. The molecule has 1 heterocycles. The summed E-state index contributed by atoms with van der Waals surface area (Å²) in [5, 5.41) is 19.0. The van der Waals surface area contributed by atoms with Gasteiger partial charge >= 0.3 is 0 Å². The van der Waals surface area contributed by atoms with Crippen LogP contribution >= 0.6 is 0 Å². The minimum Gasteiger partial charge on any atom is -0.390 e. The second kappa shape index (κ2) is 4.89. The fourth-order valence-electron chi connectivity index (χ4n) is 1.11. The summed E-state index contributed by atoms with van der Waals surface area (Å²) in [6.45, 7) is 1.95. The van der Waals surface area contributed by atoms with Crippen LogP contribution < -0.4 is 0 Å². The molecule has 0 saturated heterocycles. The molecule has 0 aliphatic rings. The van der Waals surface area contributed by atoms with Crippen LogP contribution in [-0.4, -0.2) is 26.3 Å². The SMILES string of the molecule is CCCC(O)C(O)c1cnccn1. The van der Waals surface area contributed by atoms with Crippen molar-refractivity contribution in [2.45, 2.75) is 32.0 Å². The fraction of sp³-hybridized carbons (Fsp3) is 0.556. The summed E-state index contributed by atoms with van der Waals surface area (Å²) >= 11 is 0. The van der Waals surface area contributed by atoms with Gasteiger partial charge in [-0.15, -0.1) is 0 Å². The molecule has 1 rings (SSSR count). The molecule has 4 nitrogen and oxygen atoms in total. The van der Waals surface area contributed by atoms with Crippen molar-refractivity contribution in [2.75, 3.05) is 0 Å². The second-order valence-electron chi connectivity index (χ2n) is 2.93. The first-order chi connectivity index (χ1) is 6.25. The van der Waals surface area contributed by atoms with E-state index < -0.39 is 12.2 Å². The van der Waals surface area contributed by atoms with Crippen molar-refractivity contribution in [3.05, 3.63) is 24.3 Å². The van der Waals surface area contributed by atoms with Crippen LogP contribution in [0.4, 0.5) is 0 Å². The molecule has 0 aliphatic heterocycles. The predicted octanol–water partition coefficient (Wildman–Crippen LogP) is 0.671. The molecule has 0 radical (unpaired) electrons. The highest BCUT2D eigenvalue weighted by Gasteiger charge is 2.18. The monoisotopic (exact) mass is 182 g/mol. The summed E-state index contributed by atoms with van der Waals surface area (Å²) in [4.78, 5) is 7.72. The van der Waals surface area contributed by atoms with Crippen molar-refractivity contribution >= 4 is 0 Å². The van der Waals surface area contributed by atoms with E-state index in [4.69, 9.17) is 0 Å². The summed E-state index contributed by atoms with van der Waals surface area (Å²) in [7, 11) is 0. The van der Waals surface area contributed by atoms with E-state index in [1.165, 1.54) is 18.6 Å². The number of rotatable bonds is 4. The zero-order valence-corrected chi connectivity index (χ0v) is 7.59. The minimum absolute atomic E-state index is 0.420. The van der Waals surface area contributed by atoms with Gasteiger partial charge in [-0.05, 0) is 6.42 Å². The maximum absolute atomic E-state index is 9.57. The highest BCUT2D eigenvalue weighted by atomic mass is 16.3. The molecular formula is C9H14N2O2. The normalized spacial score (nSPS) is 15.3. The van der Waals surface area contributed by atoms with Gasteiger partial charge in [0, 0.05) is 12.4 Å². The van der Waals surface area contributed by atoms with E-state index >= 15 is 0 Å². The molecule has 1 aromatic heterocycles. The van der Waals surface area contributed by atoms with Crippen molar-refractivity contribution < 1.29 is 10.2 Å². The van der Waals surface area contributed by atoms with Gasteiger partial charge in [0.25, 0.3) is 0 Å². The van der Waals surface area contributed by atoms with Crippen LogP contribution in [0.15, 0.2) is 18.6 Å². The van der Waals surface area contributed by atoms with Gasteiger partial charge in [-0.2, -0.15) is 0 Å². The summed E-state index contributed by atoms with van der Waals surface area (Å²) in [6.07, 6.45) is 4.22. The molecule has 0 fully saturated rings. The Morgan fingerprint density at radius 3 is 2.69 bits per heavy atom. The number of aliphatic hydroxyl groups is 2. The topological polar surface area (TPSA) is 66.2 Å². The Morgan fingerprint density at radius 1 is 1.38 bits per heavy atom. The molecule has 2 N–H and O–H groups in total. The van der Waals surface area contributed by atoms with Crippen LogP contribution in [0.1, 0.15) is 31.6 Å². The Bertz CT molecular complexity index is 241. The van der Waals surface area contributed by atoms with Gasteiger partial charge in [-0.1, -0.05) is 13.3 Å². The maximum atomic E-state index is 9.57. The lowest BCUT2D eigenvalue weighted by Gasteiger charge is -2.15. The van der Waals surface area contributed by atoms with E-state index in [1.54, 1.807) is 0 Å². The fourth-order valence-corrected chi connectivity index (χ4v) is 1.11. The van der Waals surface area contributed by atoms with Crippen LogP contribution in [0.2, 0.25) is 0 Å². The van der Waals surface area contributed by atoms with Crippen molar-refractivity contribution in [3.63, 3.8) is 0 Å². The van der Waals surface area contributed by atoms with Crippen LogP contribution in [0.25, 0.3) is 0 Å². The Kier molecular flexibility index (Phi) is 3.79. The molecule has 0 bridgehead atoms. The largest absolute Gasteiger partial charge is 0.390 e. The summed E-state index contributed by atoms with van der Waals surface area (Å²) in [6, 6.07) is 0. The lowest BCUT2D eigenvalue weighted by atomic mass is 10.1. The average Bonchev–Trinajstić information content (AvgIpc) is 2.18. The maximum Gasteiger partial charge on any atom is 0.123 e. The van der Waals surface area contributed by atoms with Crippen LogP contribution in [-0.2, 0) is 0 Å². The van der Waals surface area contributed by atoms with Gasteiger partial charge in [-0.3, -0.25) is 9.97 Å². The zero-order valence-electron chi connectivity index (χ0n) is 7.59. The van der Waals surface area contributed by atoms with Gasteiger partial charge in [-0.25, -0.2) is 0 Å². The molecular weight excluding hydrogens is 168 g/mol. The number of nitrogens with zero attached hydrogens (tertiary/aromatic N) is 2. The first-order valence-corrected chi connectivity index (χ1v) is 4.37. The molecule has 0 saturated carbocycles. The van der Waals surface area contributed by atoms with E-state index in [1.807, 2.05) is 6.92 Å². The van der Waals surface area contributed by atoms with Gasteiger partial charge in [0.2, 0.25) is 0 Å². The summed E-state index contributed by atoms with van der Waals surface area (Å²) < 4.78 is 0. The van der Waals surface area contributed by atoms with Crippen LogP contribution in [0.5, 0.6) is 0 Å². The number of aliphatic hydroxyl groups excluding tert-OH is 2. The van der Waals surface area contributed by atoms with Gasteiger partial charge in [0.1, 0.15) is 6.10 Å². The smallest absolute Gasteiger partial charge is 0.123 e. The van der Waals surface area contributed by atoms with Crippen molar-refractivity contribution in [1.29, 1.82) is 0 Å². The van der Waals surface area contributed by atoms with Gasteiger partial charge < -0.3 is 10.2 Å². The first kappa shape index (κ1) is 10.1. The van der Waals surface area contributed by atoms with E-state index in [-0.39, 0.29) is 0 Å². The minimum atomic E-state index is -0.923. The molecule has 72 valence electrons. The first-order valence-electron chi connectivity index (χ1n) is 4.37. The molecule has 0 spiro atoms. The van der Waals surface area contributed by atoms with Crippen molar-refractivity contribution in [1.82, 2.24) is 9.97 Å². The van der Waals surface area contributed by atoms with E-state index in [9.17, 15) is 10.2 Å².